The zero-order chi connectivity index (χ0) is 25.1. The molecular weight excluding hydrogens is 442 g/mol. The van der Waals surface area contributed by atoms with Crippen LogP contribution in [0.2, 0.25) is 0 Å². The van der Waals surface area contributed by atoms with E-state index in [9.17, 15) is 15.8 Å². The Morgan fingerprint density at radius 1 is 0.457 bits per heavy atom. The maximum absolute atomic E-state index is 9.40. The molecule has 0 aliphatic heterocycles. The Morgan fingerprint density at radius 2 is 0.714 bits per heavy atom. The lowest BCUT2D eigenvalue weighted by molar-refractivity contribution is 0.590. The van der Waals surface area contributed by atoms with E-state index in [4.69, 9.17) is 0 Å². The SMILES string of the molecule is CC(C)(C)c1ccc([Si](c2ccc(C#N)cc2)(c2ccc(C#N)cc2)c2ccc(C#N)cc2)cc1. The summed E-state index contributed by atoms with van der Waals surface area (Å²) in [7, 11) is -2.82. The van der Waals surface area contributed by atoms with Gasteiger partial charge in [-0.25, -0.2) is 0 Å². The topological polar surface area (TPSA) is 71.4 Å². The highest BCUT2D eigenvalue weighted by atomic mass is 28.3. The molecule has 4 aromatic carbocycles. The minimum Gasteiger partial charge on any atom is -0.192 e. The van der Waals surface area contributed by atoms with Gasteiger partial charge in [-0.3, -0.25) is 0 Å². The average Bonchev–Trinajstić information content (AvgIpc) is 2.90. The van der Waals surface area contributed by atoms with Crippen LogP contribution >= 0.6 is 0 Å². The summed E-state index contributed by atoms with van der Waals surface area (Å²) >= 11 is 0. The number of hydrogen-bond donors (Lipinski definition) is 0. The molecule has 3 nitrogen and oxygen atoms in total. The standard InChI is InChI=1S/C31H25N3Si/c1-31(2,3)26-10-18-30(19-11-26)35(27-12-4-23(20-32)5-13-27,28-14-6-24(21-33)7-15-28)29-16-8-25(22-34)9-17-29/h4-19H,1-3H3. The van der Waals surface area contributed by atoms with Gasteiger partial charge in [-0.15, -0.1) is 0 Å². The molecular formula is C31H25N3Si. The van der Waals surface area contributed by atoms with Crippen LogP contribution in [0.15, 0.2) is 97.1 Å². The predicted molar refractivity (Wildman–Crippen MR) is 143 cm³/mol. The summed E-state index contributed by atoms with van der Waals surface area (Å²) in [6.07, 6.45) is 0. The van der Waals surface area contributed by atoms with E-state index in [1.54, 1.807) is 0 Å². The maximum atomic E-state index is 9.40. The molecule has 0 spiro atoms. The predicted octanol–water partition coefficient (Wildman–Crippen LogP) is 3.98. The van der Waals surface area contributed by atoms with E-state index < -0.39 is 8.07 Å². The normalized spacial score (nSPS) is 11.2. The van der Waals surface area contributed by atoms with Crippen LogP contribution in [-0.4, -0.2) is 8.07 Å². The van der Waals surface area contributed by atoms with Crippen molar-refractivity contribution < 1.29 is 0 Å². The van der Waals surface area contributed by atoms with Gasteiger partial charge < -0.3 is 0 Å². The second-order valence-electron chi connectivity index (χ2n) is 9.64. The molecule has 0 aliphatic rings. The van der Waals surface area contributed by atoms with Gasteiger partial charge in [0.05, 0.1) is 34.9 Å². The zero-order valence-electron chi connectivity index (χ0n) is 20.1. The first-order valence-electron chi connectivity index (χ1n) is 11.5. The van der Waals surface area contributed by atoms with Crippen LogP contribution in [0.1, 0.15) is 43.0 Å². The number of nitrogens with zero attached hydrogens (tertiary/aromatic N) is 3. The van der Waals surface area contributed by atoms with Crippen molar-refractivity contribution in [2.24, 2.45) is 0 Å². The minimum absolute atomic E-state index is 0.0279. The van der Waals surface area contributed by atoms with E-state index in [1.807, 2.05) is 36.4 Å². The summed E-state index contributed by atoms with van der Waals surface area (Å²) in [6.45, 7) is 6.61. The van der Waals surface area contributed by atoms with Gasteiger partial charge in [-0.2, -0.15) is 15.8 Å². The third-order valence-corrected chi connectivity index (χ3v) is 11.3. The van der Waals surface area contributed by atoms with Crippen molar-refractivity contribution in [3.63, 3.8) is 0 Å². The van der Waals surface area contributed by atoms with Gasteiger partial charge in [0.15, 0.2) is 8.07 Å². The quantitative estimate of drug-likeness (QED) is 0.337. The van der Waals surface area contributed by atoms with Crippen LogP contribution < -0.4 is 20.7 Å². The van der Waals surface area contributed by atoms with Crippen LogP contribution in [0.4, 0.5) is 0 Å². The minimum atomic E-state index is -2.82. The van der Waals surface area contributed by atoms with Gasteiger partial charge in [-0.1, -0.05) is 81.4 Å². The summed E-state index contributed by atoms with van der Waals surface area (Å²) in [5.74, 6) is 0. The number of hydrogen-bond acceptors (Lipinski definition) is 3. The Bertz CT molecular complexity index is 1320. The lowest BCUT2D eigenvalue weighted by atomic mass is 9.87. The van der Waals surface area contributed by atoms with Crippen LogP contribution in [0, 0.1) is 34.0 Å². The second kappa shape index (κ2) is 9.44. The van der Waals surface area contributed by atoms with Crippen LogP contribution in [-0.2, 0) is 5.41 Å². The largest absolute Gasteiger partial charge is 0.192 e. The Balaban J connectivity index is 2.09. The summed E-state index contributed by atoms with van der Waals surface area (Å²) in [6, 6.07) is 39.1. The lowest BCUT2D eigenvalue weighted by Crippen LogP contribution is -2.74. The van der Waals surface area contributed by atoms with Crippen LogP contribution in [0.25, 0.3) is 0 Å². The molecule has 0 saturated heterocycles. The zero-order valence-corrected chi connectivity index (χ0v) is 21.1. The first-order chi connectivity index (χ1) is 16.8. The van der Waals surface area contributed by atoms with Gasteiger partial charge in [0.25, 0.3) is 0 Å². The van der Waals surface area contributed by atoms with Crippen molar-refractivity contribution in [3.05, 3.63) is 119 Å². The Hall–Kier alpha value is -4.43. The van der Waals surface area contributed by atoms with Crippen LogP contribution in [0.5, 0.6) is 0 Å². The highest BCUT2D eigenvalue weighted by Crippen LogP contribution is 2.22. The smallest absolute Gasteiger partial charge is 0.179 e. The average molecular weight is 468 g/mol. The molecule has 4 aromatic rings. The first-order valence-corrected chi connectivity index (χ1v) is 13.5. The molecule has 0 heterocycles. The fraction of sp³-hybridized carbons (Fsp3) is 0.129. The van der Waals surface area contributed by atoms with E-state index in [1.165, 1.54) is 10.8 Å². The van der Waals surface area contributed by atoms with Crippen LogP contribution in [0.3, 0.4) is 0 Å². The molecule has 0 aromatic heterocycles. The van der Waals surface area contributed by atoms with E-state index in [-0.39, 0.29) is 5.41 Å². The molecule has 4 rings (SSSR count). The highest BCUT2D eigenvalue weighted by Gasteiger charge is 2.41. The van der Waals surface area contributed by atoms with Gasteiger partial charge in [0.2, 0.25) is 0 Å². The van der Waals surface area contributed by atoms with Gasteiger partial charge >= 0.3 is 0 Å². The van der Waals surface area contributed by atoms with Crippen molar-refractivity contribution in [3.8, 4) is 18.2 Å². The molecule has 168 valence electrons. The van der Waals surface area contributed by atoms with Crippen molar-refractivity contribution in [1.82, 2.24) is 0 Å². The van der Waals surface area contributed by atoms with Crippen molar-refractivity contribution >= 4 is 28.8 Å². The van der Waals surface area contributed by atoms with Crippen molar-refractivity contribution in [2.75, 3.05) is 0 Å². The second-order valence-corrected chi connectivity index (χ2v) is 13.5. The fourth-order valence-corrected chi connectivity index (χ4v) is 9.27. The third kappa shape index (κ3) is 4.39. The van der Waals surface area contributed by atoms with E-state index in [0.717, 1.165) is 15.6 Å². The lowest BCUT2D eigenvalue weighted by Gasteiger charge is -2.35. The highest BCUT2D eigenvalue weighted by molar-refractivity contribution is 7.19. The Labute approximate surface area is 208 Å². The molecule has 35 heavy (non-hydrogen) atoms. The molecule has 0 bridgehead atoms. The molecule has 0 saturated carbocycles. The third-order valence-electron chi connectivity index (χ3n) is 6.52. The number of rotatable bonds is 4. The molecule has 0 unspecified atom stereocenters. The summed E-state index contributed by atoms with van der Waals surface area (Å²) < 4.78 is 0. The molecule has 0 fully saturated rings. The van der Waals surface area contributed by atoms with E-state index in [0.29, 0.717) is 16.7 Å². The summed E-state index contributed by atoms with van der Waals surface area (Å²) in [4.78, 5) is 0. The Morgan fingerprint density at radius 3 is 0.943 bits per heavy atom. The Kier molecular flexibility index (Phi) is 6.39. The monoisotopic (exact) mass is 467 g/mol. The summed E-state index contributed by atoms with van der Waals surface area (Å²) in [5, 5.41) is 32.8. The van der Waals surface area contributed by atoms with E-state index >= 15 is 0 Å². The number of nitriles is 3. The molecule has 0 radical (unpaired) electrons. The van der Waals surface area contributed by atoms with Gasteiger partial charge in [0, 0.05) is 0 Å². The first kappa shape index (κ1) is 23.7. The maximum Gasteiger partial charge on any atom is 0.179 e. The number of benzene rings is 4. The molecule has 0 atom stereocenters. The van der Waals surface area contributed by atoms with Crippen molar-refractivity contribution in [1.29, 1.82) is 15.8 Å². The van der Waals surface area contributed by atoms with Gasteiger partial charge in [0.1, 0.15) is 0 Å². The molecule has 0 N–H and O–H groups in total. The fourth-order valence-electron chi connectivity index (χ4n) is 4.60. The molecule has 4 heteroatoms. The molecule has 0 amide bonds. The van der Waals surface area contributed by atoms with E-state index in [2.05, 4.69) is 99.6 Å². The molecule has 0 aliphatic carbocycles. The van der Waals surface area contributed by atoms with Crippen molar-refractivity contribution in [2.45, 2.75) is 26.2 Å². The summed E-state index contributed by atoms with van der Waals surface area (Å²) in [5.41, 5.74) is 3.11. The van der Waals surface area contributed by atoms with Gasteiger partial charge in [-0.05, 0) is 68.1 Å².